The summed E-state index contributed by atoms with van der Waals surface area (Å²) >= 11 is 0. The molecule has 2 aliphatic carbocycles. The van der Waals surface area contributed by atoms with E-state index in [0.717, 1.165) is 35.5 Å². The molecule has 3 aliphatic rings. The van der Waals surface area contributed by atoms with Gasteiger partial charge in [-0.25, -0.2) is 9.97 Å². The Morgan fingerprint density at radius 1 is 0.786 bits per heavy atom. The molecule has 3 fully saturated rings. The Bertz CT molecular complexity index is 587. The summed E-state index contributed by atoms with van der Waals surface area (Å²) in [5.41, 5.74) is 1.35. The quantitative estimate of drug-likeness (QED) is 0.640. The lowest BCUT2D eigenvalue weighted by Gasteiger charge is -2.43. The van der Waals surface area contributed by atoms with Crippen molar-refractivity contribution in [2.75, 3.05) is 13.1 Å². The number of nitrogens with zero attached hydrogens (tertiary/aromatic N) is 3. The van der Waals surface area contributed by atoms with Crippen molar-refractivity contribution in [1.29, 1.82) is 0 Å². The predicted molar refractivity (Wildman–Crippen MR) is 116 cm³/mol. The first kappa shape index (κ1) is 20.3. The monoisotopic (exact) mass is 383 g/mol. The van der Waals surface area contributed by atoms with E-state index in [0.29, 0.717) is 5.92 Å². The van der Waals surface area contributed by atoms with E-state index in [2.05, 4.69) is 41.1 Å². The molecule has 0 spiro atoms. The van der Waals surface area contributed by atoms with Crippen molar-refractivity contribution in [3.8, 4) is 0 Å². The summed E-state index contributed by atoms with van der Waals surface area (Å²) in [6.07, 6.45) is 18.6. The normalized spacial score (nSPS) is 33.3. The Morgan fingerprint density at radius 2 is 1.32 bits per heavy atom. The van der Waals surface area contributed by atoms with Crippen molar-refractivity contribution < 1.29 is 0 Å². The molecule has 2 saturated carbocycles. The van der Waals surface area contributed by atoms with E-state index in [-0.39, 0.29) is 0 Å². The lowest BCUT2D eigenvalue weighted by atomic mass is 9.68. The standard InChI is InChI=1S/C25H41N3/c1-18(2)20-4-6-21(7-5-20)22-8-10-25(11-9-22)28-14-12-23(13-15-28)24-16-26-19(3)27-17-24/h16-18,20-23,25H,4-15H2,1-3H3. The third-order valence-corrected chi connectivity index (χ3v) is 8.49. The van der Waals surface area contributed by atoms with Gasteiger partial charge in [-0.15, -0.1) is 0 Å². The van der Waals surface area contributed by atoms with E-state index < -0.39 is 0 Å². The Hall–Kier alpha value is -0.960. The van der Waals surface area contributed by atoms with Gasteiger partial charge in [0.1, 0.15) is 5.82 Å². The van der Waals surface area contributed by atoms with Crippen LogP contribution in [0.15, 0.2) is 12.4 Å². The van der Waals surface area contributed by atoms with E-state index in [4.69, 9.17) is 0 Å². The Balaban J connectivity index is 1.20. The zero-order valence-electron chi connectivity index (χ0n) is 18.4. The van der Waals surface area contributed by atoms with Crippen LogP contribution in [0.3, 0.4) is 0 Å². The second kappa shape index (κ2) is 9.24. The molecule has 2 heterocycles. The molecule has 0 unspecified atom stereocenters. The summed E-state index contributed by atoms with van der Waals surface area (Å²) in [5.74, 6) is 5.54. The maximum absolute atomic E-state index is 4.41. The fourth-order valence-electron chi connectivity index (χ4n) is 6.43. The molecule has 0 bridgehead atoms. The van der Waals surface area contributed by atoms with Crippen LogP contribution in [0.5, 0.6) is 0 Å². The molecule has 0 aromatic carbocycles. The second-order valence-electron chi connectivity index (χ2n) is 10.4. The van der Waals surface area contributed by atoms with Crippen LogP contribution in [0.1, 0.15) is 95.4 Å². The van der Waals surface area contributed by atoms with Crippen molar-refractivity contribution in [2.45, 2.75) is 96.9 Å². The van der Waals surface area contributed by atoms with Gasteiger partial charge in [0.25, 0.3) is 0 Å². The molecule has 28 heavy (non-hydrogen) atoms. The molecule has 1 aliphatic heterocycles. The van der Waals surface area contributed by atoms with Gasteiger partial charge in [0.05, 0.1) is 0 Å². The average Bonchev–Trinajstić information content (AvgIpc) is 2.75. The zero-order chi connectivity index (χ0) is 19.5. The van der Waals surface area contributed by atoms with E-state index in [1.807, 2.05) is 6.92 Å². The predicted octanol–water partition coefficient (Wildman–Crippen LogP) is 5.99. The van der Waals surface area contributed by atoms with Crippen LogP contribution in [-0.2, 0) is 0 Å². The molecule has 0 radical (unpaired) electrons. The van der Waals surface area contributed by atoms with Crippen LogP contribution in [0.2, 0.25) is 0 Å². The van der Waals surface area contributed by atoms with Crippen molar-refractivity contribution >= 4 is 0 Å². The molecule has 4 rings (SSSR count). The van der Waals surface area contributed by atoms with Crippen LogP contribution in [0.4, 0.5) is 0 Å². The number of rotatable bonds is 4. The van der Waals surface area contributed by atoms with Crippen molar-refractivity contribution in [3.05, 3.63) is 23.8 Å². The summed E-state index contributed by atoms with van der Waals surface area (Å²) < 4.78 is 0. The maximum atomic E-state index is 4.41. The summed E-state index contributed by atoms with van der Waals surface area (Å²) in [4.78, 5) is 11.6. The topological polar surface area (TPSA) is 29.0 Å². The van der Waals surface area contributed by atoms with Crippen molar-refractivity contribution in [2.24, 2.45) is 23.7 Å². The highest BCUT2D eigenvalue weighted by atomic mass is 15.2. The molecule has 0 amide bonds. The molecule has 3 nitrogen and oxygen atoms in total. The van der Waals surface area contributed by atoms with E-state index >= 15 is 0 Å². The molecule has 0 atom stereocenters. The molecule has 1 aromatic heterocycles. The number of piperidine rings is 1. The van der Waals surface area contributed by atoms with Crippen LogP contribution >= 0.6 is 0 Å². The van der Waals surface area contributed by atoms with Gasteiger partial charge < -0.3 is 4.90 Å². The number of aryl methyl sites for hydroxylation is 1. The molecule has 0 N–H and O–H groups in total. The highest BCUT2D eigenvalue weighted by Gasteiger charge is 2.34. The molecular formula is C25H41N3. The number of likely N-dealkylation sites (tertiary alicyclic amines) is 1. The first-order valence-corrected chi connectivity index (χ1v) is 12.1. The maximum Gasteiger partial charge on any atom is 0.125 e. The Morgan fingerprint density at radius 3 is 1.86 bits per heavy atom. The SMILES string of the molecule is Cc1ncc(C2CCN(C3CCC(C4CCC(C(C)C)CC4)CC3)CC2)cn1. The van der Waals surface area contributed by atoms with Gasteiger partial charge in [0.2, 0.25) is 0 Å². The number of hydrogen-bond donors (Lipinski definition) is 0. The van der Waals surface area contributed by atoms with Gasteiger partial charge in [-0.05, 0) is 119 Å². The highest BCUT2D eigenvalue weighted by molar-refractivity contribution is 5.12. The van der Waals surface area contributed by atoms with Gasteiger partial charge in [0.15, 0.2) is 0 Å². The van der Waals surface area contributed by atoms with Crippen LogP contribution < -0.4 is 0 Å². The van der Waals surface area contributed by atoms with E-state index in [9.17, 15) is 0 Å². The average molecular weight is 384 g/mol. The van der Waals surface area contributed by atoms with E-state index in [1.165, 1.54) is 82.9 Å². The molecule has 156 valence electrons. The summed E-state index contributed by atoms with van der Waals surface area (Å²) in [5, 5.41) is 0. The van der Waals surface area contributed by atoms with Crippen LogP contribution in [0, 0.1) is 30.6 Å². The van der Waals surface area contributed by atoms with E-state index in [1.54, 1.807) is 0 Å². The number of hydrogen-bond acceptors (Lipinski definition) is 3. The van der Waals surface area contributed by atoms with Crippen molar-refractivity contribution in [1.82, 2.24) is 14.9 Å². The van der Waals surface area contributed by atoms with Gasteiger partial charge in [-0.1, -0.05) is 13.8 Å². The van der Waals surface area contributed by atoms with Crippen LogP contribution in [0.25, 0.3) is 0 Å². The molecule has 3 heteroatoms. The first-order valence-electron chi connectivity index (χ1n) is 12.1. The third kappa shape index (κ3) is 4.78. The lowest BCUT2D eigenvalue weighted by molar-refractivity contribution is 0.0790. The third-order valence-electron chi connectivity index (χ3n) is 8.49. The Kier molecular flexibility index (Phi) is 6.70. The first-order chi connectivity index (χ1) is 13.6. The largest absolute Gasteiger partial charge is 0.300 e. The second-order valence-corrected chi connectivity index (χ2v) is 10.4. The molecular weight excluding hydrogens is 342 g/mol. The zero-order valence-corrected chi connectivity index (χ0v) is 18.4. The summed E-state index contributed by atoms with van der Waals surface area (Å²) in [7, 11) is 0. The molecule has 1 saturated heterocycles. The minimum absolute atomic E-state index is 0.671. The fourth-order valence-corrected chi connectivity index (χ4v) is 6.43. The summed E-state index contributed by atoms with van der Waals surface area (Å²) in [6.45, 7) is 9.36. The smallest absolute Gasteiger partial charge is 0.125 e. The van der Waals surface area contributed by atoms with Gasteiger partial charge in [-0.3, -0.25) is 0 Å². The number of aromatic nitrogens is 2. The lowest BCUT2D eigenvalue weighted by Crippen LogP contribution is -2.43. The van der Waals surface area contributed by atoms with Gasteiger partial charge in [0, 0.05) is 18.4 Å². The fraction of sp³-hybridized carbons (Fsp3) is 0.840. The van der Waals surface area contributed by atoms with Crippen LogP contribution in [-0.4, -0.2) is 34.0 Å². The minimum Gasteiger partial charge on any atom is -0.300 e. The molecule has 1 aromatic rings. The minimum atomic E-state index is 0.671. The van der Waals surface area contributed by atoms with Gasteiger partial charge >= 0.3 is 0 Å². The van der Waals surface area contributed by atoms with Crippen molar-refractivity contribution in [3.63, 3.8) is 0 Å². The van der Waals surface area contributed by atoms with Gasteiger partial charge in [-0.2, -0.15) is 0 Å². The Labute approximate surface area is 172 Å². The highest BCUT2D eigenvalue weighted by Crippen LogP contribution is 2.43. The summed E-state index contributed by atoms with van der Waals surface area (Å²) in [6, 6.07) is 0.860.